The summed E-state index contributed by atoms with van der Waals surface area (Å²) in [5.41, 5.74) is 0.667. The van der Waals surface area contributed by atoms with Gasteiger partial charge in [-0.25, -0.2) is 4.98 Å². The summed E-state index contributed by atoms with van der Waals surface area (Å²) in [7, 11) is 0. The highest BCUT2D eigenvalue weighted by molar-refractivity contribution is 7.71. The molecule has 6 heteroatoms. The van der Waals surface area contributed by atoms with Crippen molar-refractivity contribution in [2.45, 2.75) is 0 Å². The molecule has 0 radical (unpaired) electrons. The van der Waals surface area contributed by atoms with Gasteiger partial charge in [-0.05, 0) is 24.4 Å². The van der Waals surface area contributed by atoms with E-state index in [2.05, 4.69) is 20.2 Å². The van der Waals surface area contributed by atoms with Gasteiger partial charge in [0, 0.05) is 0 Å². The third kappa shape index (κ3) is 1.76. The van der Waals surface area contributed by atoms with Crippen LogP contribution in [0.25, 0.3) is 11.5 Å². The van der Waals surface area contributed by atoms with Crippen LogP contribution in [0, 0.1) is 4.77 Å². The fraction of sp³-hybridized carbons (Fsp3) is 0. The molecule has 13 heavy (non-hydrogen) atoms. The molecule has 0 fully saturated rings. The number of hydrogen-bond acceptors (Lipinski definition) is 3. The number of halogens is 1. The minimum atomic E-state index is 0.400. The van der Waals surface area contributed by atoms with Gasteiger partial charge < -0.3 is 0 Å². The van der Waals surface area contributed by atoms with Gasteiger partial charge in [-0.15, -0.1) is 0 Å². The van der Waals surface area contributed by atoms with E-state index in [0.29, 0.717) is 21.4 Å². The molecule has 0 aromatic carbocycles. The van der Waals surface area contributed by atoms with Crippen molar-refractivity contribution in [1.29, 1.82) is 0 Å². The molecule has 0 aliphatic rings. The SMILES string of the molecule is S=c1nc(-c2cccc(Cl)n2)[nH][nH]1. The smallest absolute Gasteiger partial charge is 0.213 e. The van der Waals surface area contributed by atoms with Crippen molar-refractivity contribution in [3.8, 4) is 11.5 Å². The molecule has 2 aromatic rings. The molecule has 2 N–H and O–H groups in total. The van der Waals surface area contributed by atoms with E-state index >= 15 is 0 Å². The molecule has 0 bridgehead atoms. The van der Waals surface area contributed by atoms with E-state index in [0.717, 1.165) is 0 Å². The van der Waals surface area contributed by atoms with E-state index in [9.17, 15) is 0 Å². The maximum absolute atomic E-state index is 5.71. The molecule has 0 spiro atoms. The molecule has 2 heterocycles. The summed E-state index contributed by atoms with van der Waals surface area (Å²) in [4.78, 5) is 8.07. The van der Waals surface area contributed by atoms with Crippen LogP contribution in [0.15, 0.2) is 18.2 Å². The standard InChI is InChI=1S/C7H5ClN4S/c8-5-3-1-2-4(9-5)6-10-7(13)12-11-6/h1-3H,(H2,10,11,12,13). The molecule has 2 rings (SSSR count). The zero-order chi connectivity index (χ0) is 9.26. The highest BCUT2D eigenvalue weighted by Crippen LogP contribution is 2.13. The van der Waals surface area contributed by atoms with Crippen LogP contribution >= 0.6 is 23.8 Å². The average molecular weight is 213 g/mol. The molecule has 2 aromatic heterocycles. The molecule has 0 aliphatic carbocycles. The Labute approximate surface area is 84.0 Å². The molecule has 4 nitrogen and oxygen atoms in total. The predicted molar refractivity (Wildman–Crippen MR) is 52.0 cm³/mol. The van der Waals surface area contributed by atoms with Gasteiger partial charge in [-0.3, -0.25) is 10.2 Å². The second-order valence-electron chi connectivity index (χ2n) is 2.36. The number of H-pyrrole nitrogens is 2. The van der Waals surface area contributed by atoms with Crippen molar-refractivity contribution < 1.29 is 0 Å². The minimum Gasteiger partial charge on any atom is -0.280 e. The lowest BCUT2D eigenvalue weighted by Gasteiger charge is -1.94. The lowest BCUT2D eigenvalue weighted by atomic mass is 10.3. The largest absolute Gasteiger partial charge is 0.280 e. The summed E-state index contributed by atoms with van der Waals surface area (Å²) in [6, 6.07) is 5.30. The van der Waals surface area contributed by atoms with Gasteiger partial charge in [0.2, 0.25) is 4.77 Å². The Morgan fingerprint density at radius 3 is 2.69 bits per heavy atom. The third-order valence-electron chi connectivity index (χ3n) is 1.46. The first-order chi connectivity index (χ1) is 6.25. The van der Waals surface area contributed by atoms with Crippen molar-refractivity contribution in [2.24, 2.45) is 0 Å². The van der Waals surface area contributed by atoms with Crippen LogP contribution in [-0.4, -0.2) is 20.2 Å². The highest BCUT2D eigenvalue weighted by atomic mass is 35.5. The Balaban J connectivity index is 2.52. The van der Waals surface area contributed by atoms with Gasteiger partial charge in [-0.2, -0.15) is 4.98 Å². The Morgan fingerprint density at radius 1 is 1.23 bits per heavy atom. The van der Waals surface area contributed by atoms with Gasteiger partial charge in [0.05, 0.1) is 0 Å². The maximum atomic E-state index is 5.71. The van der Waals surface area contributed by atoms with E-state index in [4.69, 9.17) is 23.8 Å². The molecule has 0 saturated carbocycles. The van der Waals surface area contributed by atoms with E-state index in [1.54, 1.807) is 18.2 Å². The Morgan fingerprint density at radius 2 is 2.08 bits per heavy atom. The summed E-state index contributed by atoms with van der Waals surface area (Å²) in [6.07, 6.45) is 0. The monoisotopic (exact) mass is 212 g/mol. The molecular weight excluding hydrogens is 208 g/mol. The normalized spacial score (nSPS) is 10.2. The van der Waals surface area contributed by atoms with Crippen LogP contribution in [0.3, 0.4) is 0 Å². The first-order valence-electron chi connectivity index (χ1n) is 3.53. The van der Waals surface area contributed by atoms with Gasteiger partial charge in [-0.1, -0.05) is 17.7 Å². The molecule has 0 saturated heterocycles. The van der Waals surface area contributed by atoms with Gasteiger partial charge in [0.1, 0.15) is 10.8 Å². The number of aromatic amines is 2. The number of nitrogens with zero attached hydrogens (tertiary/aromatic N) is 2. The Bertz CT molecular complexity index is 475. The fourth-order valence-corrected chi connectivity index (χ4v) is 1.24. The van der Waals surface area contributed by atoms with E-state index in [1.807, 2.05) is 0 Å². The molecule has 66 valence electrons. The zero-order valence-electron chi connectivity index (χ0n) is 6.41. The van der Waals surface area contributed by atoms with Crippen molar-refractivity contribution in [1.82, 2.24) is 20.2 Å². The molecule has 0 aliphatic heterocycles. The van der Waals surface area contributed by atoms with Crippen molar-refractivity contribution in [3.05, 3.63) is 28.1 Å². The lowest BCUT2D eigenvalue weighted by Crippen LogP contribution is -1.85. The van der Waals surface area contributed by atoms with Gasteiger partial charge in [0.25, 0.3) is 0 Å². The number of nitrogens with one attached hydrogen (secondary N) is 2. The van der Waals surface area contributed by atoms with Crippen molar-refractivity contribution >= 4 is 23.8 Å². The summed E-state index contributed by atoms with van der Waals surface area (Å²) in [6.45, 7) is 0. The zero-order valence-corrected chi connectivity index (χ0v) is 7.99. The van der Waals surface area contributed by atoms with Crippen LogP contribution in [0.1, 0.15) is 0 Å². The second-order valence-corrected chi connectivity index (χ2v) is 3.14. The Kier molecular flexibility index (Phi) is 2.12. The summed E-state index contributed by atoms with van der Waals surface area (Å²) >= 11 is 10.5. The molecular formula is C7H5ClN4S. The van der Waals surface area contributed by atoms with Crippen LogP contribution in [0.2, 0.25) is 5.15 Å². The van der Waals surface area contributed by atoms with Crippen molar-refractivity contribution in [3.63, 3.8) is 0 Å². The molecule has 0 unspecified atom stereocenters. The van der Waals surface area contributed by atoms with Crippen LogP contribution < -0.4 is 0 Å². The second kappa shape index (κ2) is 3.27. The number of hydrogen-bond donors (Lipinski definition) is 2. The molecule has 0 atom stereocenters. The van der Waals surface area contributed by atoms with Crippen molar-refractivity contribution in [2.75, 3.05) is 0 Å². The topological polar surface area (TPSA) is 57.4 Å². The van der Waals surface area contributed by atoms with Gasteiger partial charge >= 0.3 is 0 Å². The maximum Gasteiger partial charge on any atom is 0.213 e. The highest BCUT2D eigenvalue weighted by Gasteiger charge is 2.01. The minimum absolute atomic E-state index is 0.400. The van der Waals surface area contributed by atoms with E-state index < -0.39 is 0 Å². The Hall–Kier alpha value is -1.20. The van der Waals surface area contributed by atoms with Gasteiger partial charge in [0.15, 0.2) is 5.82 Å². The predicted octanol–water partition coefficient (Wildman–Crippen LogP) is 2.18. The first kappa shape index (κ1) is 8.40. The van der Waals surface area contributed by atoms with Crippen LogP contribution in [-0.2, 0) is 0 Å². The first-order valence-corrected chi connectivity index (χ1v) is 4.32. The fourth-order valence-electron chi connectivity index (χ4n) is 0.932. The summed E-state index contributed by atoms with van der Waals surface area (Å²) < 4.78 is 0.400. The number of pyridine rings is 1. The third-order valence-corrected chi connectivity index (χ3v) is 1.86. The van der Waals surface area contributed by atoms with E-state index in [-0.39, 0.29) is 0 Å². The van der Waals surface area contributed by atoms with E-state index in [1.165, 1.54) is 0 Å². The summed E-state index contributed by atoms with van der Waals surface area (Å²) in [5.74, 6) is 0.590. The molecule has 0 amide bonds. The van der Waals surface area contributed by atoms with Crippen LogP contribution in [0.4, 0.5) is 0 Å². The summed E-state index contributed by atoms with van der Waals surface area (Å²) in [5, 5.41) is 5.90. The number of aromatic nitrogens is 4. The van der Waals surface area contributed by atoms with Crippen LogP contribution in [0.5, 0.6) is 0 Å². The lowest BCUT2D eigenvalue weighted by molar-refractivity contribution is 1.07. The number of rotatable bonds is 1. The quantitative estimate of drug-likeness (QED) is 0.563. The average Bonchev–Trinajstić information content (AvgIpc) is 2.52.